The molecule has 0 bridgehead atoms. The maximum Gasteiger partial charge on any atom is 0.303 e. The number of hydrogen-bond donors (Lipinski definition) is 3. The van der Waals surface area contributed by atoms with Crippen molar-refractivity contribution in [3.8, 4) is 0 Å². The van der Waals surface area contributed by atoms with E-state index in [2.05, 4.69) is 10.6 Å². The number of rotatable bonds is 7. The second-order valence-electron chi connectivity index (χ2n) is 6.77. The summed E-state index contributed by atoms with van der Waals surface area (Å²) in [4.78, 5) is 36.8. The predicted octanol–water partition coefficient (Wildman–Crippen LogP) is 3.41. The van der Waals surface area contributed by atoms with Crippen molar-refractivity contribution in [2.75, 3.05) is 5.32 Å². The molecule has 3 atom stereocenters. The molecule has 152 valence electrons. The van der Waals surface area contributed by atoms with Gasteiger partial charge in [0.25, 0.3) is 11.8 Å². The van der Waals surface area contributed by atoms with Crippen molar-refractivity contribution in [2.45, 2.75) is 51.4 Å². The lowest BCUT2D eigenvalue weighted by Gasteiger charge is -2.30. The molecule has 9 heteroatoms. The van der Waals surface area contributed by atoms with Crippen molar-refractivity contribution in [3.63, 3.8) is 0 Å². The highest BCUT2D eigenvalue weighted by Gasteiger charge is 2.53. The third-order valence-corrected chi connectivity index (χ3v) is 4.77. The Bertz CT molecular complexity index is 806. The number of aliphatic carboxylic acids is 1. The van der Waals surface area contributed by atoms with E-state index in [4.69, 9.17) is 33.0 Å². The van der Waals surface area contributed by atoms with Gasteiger partial charge in [0.2, 0.25) is 5.60 Å². The predicted molar refractivity (Wildman–Crippen MR) is 107 cm³/mol. The molecule has 0 saturated heterocycles. The van der Waals surface area contributed by atoms with Crippen LogP contribution in [0.25, 0.3) is 0 Å². The van der Waals surface area contributed by atoms with Crippen molar-refractivity contribution < 1.29 is 24.2 Å². The number of carbonyl (C=O) groups excluding carboxylic acids is 2. The summed E-state index contributed by atoms with van der Waals surface area (Å²) in [6, 6.07) is 4.07. The Morgan fingerprint density at radius 3 is 2.32 bits per heavy atom. The van der Waals surface area contributed by atoms with Gasteiger partial charge in [0, 0.05) is 28.2 Å². The number of carboxylic acids is 1. The molecule has 1 aromatic carbocycles. The summed E-state index contributed by atoms with van der Waals surface area (Å²) < 4.78 is 5.74. The Balaban J connectivity index is 2.25. The fourth-order valence-corrected chi connectivity index (χ4v) is 3.55. The largest absolute Gasteiger partial charge is 0.481 e. The van der Waals surface area contributed by atoms with E-state index >= 15 is 0 Å². The van der Waals surface area contributed by atoms with Gasteiger partial charge in [-0.25, -0.2) is 0 Å². The topological polar surface area (TPSA) is 105 Å². The minimum absolute atomic E-state index is 0.103. The van der Waals surface area contributed by atoms with Crippen LogP contribution in [0.5, 0.6) is 0 Å². The number of halogens is 2. The van der Waals surface area contributed by atoms with Gasteiger partial charge < -0.3 is 20.5 Å². The van der Waals surface area contributed by atoms with Crippen LogP contribution in [0.4, 0.5) is 5.69 Å². The van der Waals surface area contributed by atoms with Gasteiger partial charge >= 0.3 is 5.97 Å². The van der Waals surface area contributed by atoms with E-state index in [1.54, 1.807) is 26.8 Å². The number of hydrogen-bond acceptors (Lipinski definition) is 4. The molecule has 1 aliphatic rings. The Morgan fingerprint density at radius 2 is 1.82 bits per heavy atom. The van der Waals surface area contributed by atoms with E-state index in [0.29, 0.717) is 21.3 Å². The van der Waals surface area contributed by atoms with Crippen LogP contribution >= 0.6 is 23.2 Å². The average molecular weight is 429 g/mol. The molecule has 2 unspecified atom stereocenters. The molecule has 0 aliphatic carbocycles. The van der Waals surface area contributed by atoms with Crippen LogP contribution in [0.2, 0.25) is 10.0 Å². The van der Waals surface area contributed by atoms with Crippen molar-refractivity contribution in [1.29, 1.82) is 0 Å². The highest BCUT2D eigenvalue weighted by atomic mass is 35.5. The van der Waals surface area contributed by atoms with Crippen LogP contribution in [-0.4, -0.2) is 40.6 Å². The zero-order valence-corrected chi connectivity index (χ0v) is 17.2. The summed E-state index contributed by atoms with van der Waals surface area (Å²) in [7, 11) is 0. The Morgan fingerprint density at radius 1 is 1.21 bits per heavy atom. The summed E-state index contributed by atoms with van der Waals surface area (Å²) >= 11 is 11.9. The molecule has 1 aliphatic heterocycles. The lowest BCUT2D eigenvalue weighted by molar-refractivity contribution is -0.153. The second-order valence-corrected chi connectivity index (χ2v) is 7.65. The molecule has 0 saturated carbocycles. The zero-order valence-electron chi connectivity index (χ0n) is 15.7. The van der Waals surface area contributed by atoms with Crippen LogP contribution in [0.3, 0.4) is 0 Å². The lowest BCUT2D eigenvalue weighted by atomic mass is 9.92. The molecule has 1 aromatic rings. The van der Waals surface area contributed by atoms with Crippen molar-refractivity contribution in [3.05, 3.63) is 39.9 Å². The first-order chi connectivity index (χ1) is 13.0. The Hall–Kier alpha value is -2.09. The summed E-state index contributed by atoms with van der Waals surface area (Å²) in [6.07, 6.45) is 1.36. The Labute approximate surface area is 173 Å². The number of benzene rings is 1. The third-order valence-electron chi connectivity index (χ3n) is 4.33. The van der Waals surface area contributed by atoms with E-state index in [1.807, 2.05) is 0 Å². The van der Waals surface area contributed by atoms with Crippen LogP contribution in [-0.2, 0) is 19.1 Å². The third kappa shape index (κ3) is 5.04. The highest BCUT2D eigenvalue weighted by molar-refractivity contribution is 6.35. The van der Waals surface area contributed by atoms with E-state index in [0.717, 1.165) is 0 Å². The van der Waals surface area contributed by atoms with Crippen molar-refractivity contribution >= 4 is 46.7 Å². The van der Waals surface area contributed by atoms with Crippen molar-refractivity contribution in [1.82, 2.24) is 5.32 Å². The normalized spacial score (nSPS) is 22.3. The average Bonchev–Trinajstić information content (AvgIpc) is 2.87. The molecule has 1 heterocycles. The molecule has 3 N–H and O–H groups in total. The van der Waals surface area contributed by atoms with Crippen molar-refractivity contribution in [2.24, 2.45) is 0 Å². The van der Waals surface area contributed by atoms with Gasteiger partial charge in [-0.3, -0.25) is 14.4 Å². The monoisotopic (exact) mass is 428 g/mol. The number of nitrogens with one attached hydrogen (secondary N) is 2. The van der Waals surface area contributed by atoms with Gasteiger partial charge in [0.15, 0.2) is 0 Å². The maximum atomic E-state index is 13.1. The molecule has 0 aromatic heterocycles. The van der Waals surface area contributed by atoms with E-state index in [1.165, 1.54) is 18.2 Å². The number of anilines is 1. The summed E-state index contributed by atoms with van der Waals surface area (Å²) in [6.45, 7) is 5.02. The second kappa shape index (κ2) is 8.94. The van der Waals surface area contributed by atoms with Gasteiger partial charge in [0.05, 0.1) is 6.10 Å². The van der Waals surface area contributed by atoms with Crippen LogP contribution in [0.1, 0.15) is 33.6 Å². The van der Waals surface area contributed by atoms with Crippen LogP contribution in [0.15, 0.2) is 29.8 Å². The quantitative estimate of drug-likeness (QED) is 0.455. The molecule has 0 fully saturated rings. The number of amides is 2. The Kier molecular flexibility index (Phi) is 7.09. The molecule has 28 heavy (non-hydrogen) atoms. The summed E-state index contributed by atoms with van der Waals surface area (Å²) in [5.41, 5.74) is -1.11. The fourth-order valence-electron chi connectivity index (χ4n) is 3.03. The molecule has 7 nitrogen and oxygen atoms in total. The first-order valence-corrected chi connectivity index (χ1v) is 9.47. The molecule has 2 rings (SSSR count). The SMILES string of the molecule is CC1=CC(C)OC1(C(=O)Nc1cc(Cl)cc(Cl)c1)C(=O)N[C@@H](C)CCC(=O)O. The molecule has 0 spiro atoms. The van der Waals surface area contributed by atoms with Gasteiger partial charge in [-0.1, -0.05) is 29.3 Å². The lowest BCUT2D eigenvalue weighted by Crippen LogP contribution is -2.58. The number of carboxylic acid groups (broad SMARTS) is 1. The van der Waals surface area contributed by atoms with Gasteiger partial charge in [-0.05, 0) is 51.0 Å². The van der Waals surface area contributed by atoms with E-state index < -0.39 is 35.5 Å². The van der Waals surface area contributed by atoms with Gasteiger partial charge in [0.1, 0.15) is 0 Å². The molecular formula is C19H22Cl2N2O5. The summed E-state index contributed by atoms with van der Waals surface area (Å²) in [5, 5.41) is 14.8. The first-order valence-electron chi connectivity index (χ1n) is 8.71. The van der Waals surface area contributed by atoms with Crippen LogP contribution < -0.4 is 10.6 Å². The first kappa shape index (κ1) is 22.2. The van der Waals surface area contributed by atoms with Gasteiger partial charge in [-0.2, -0.15) is 0 Å². The minimum Gasteiger partial charge on any atom is -0.481 e. The van der Waals surface area contributed by atoms with E-state index in [-0.39, 0.29) is 12.8 Å². The standard InChI is InChI=1S/C19H22Cl2N2O5/c1-10-6-12(3)28-19(10,17(26)22-11(2)4-5-16(24)25)18(27)23-15-8-13(20)7-14(21)9-15/h6-9,11-12H,4-5H2,1-3H3,(H,22,26)(H,23,27)(H,24,25)/t11-,12?,19?/m0/s1. The maximum absolute atomic E-state index is 13.1. The molecule has 2 amide bonds. The molecular weight excluding hydrogens is 407 g/mol. The summed E-state index contributed by atoms with van der Waals surface area (Å²) in [5.74, 6) is -2.31. The number of carbonyl (C=O) groups is 3. The highest BCUT2D eigenvalue weighted by Crippen LogP contribution is 2.33. The number of ether oxygens (including phenoxy) is 1. The minimum atomic E-state index is -1.87. The van der Waals surface area contributed by atoms with Gasteiger partial charge in [-0.15, -0.1) is 0 Å². The molecule has 0 radical (unpaired) electrons. The smallest absolute Gasteiger partial charge is 0.303 e. The fraction of sp³-hybridized carbons (Fsp3) is 0.421. The zero-order chi connectivity index (χ0) is 21.1. The van der Waals surface area contributed by atoms with E-state index in [9.17, 15) is 14.4 Å². The van der Waals surface area contributed by atoms with Crippen LogP contribution in [0, 0.1) is 0 Å².